The van der Waals surface area contributed by atoms with Crippen molar-refractivity contribution in [2.24, 2.45) is 0 Å². The molecule has 0 saturated carbocycles. The first-order valence-corrected chi connectivity index (χ1v) is 11.3. The maximum atomic E-state index is 12.9. The van der Waals surface area contributed by atoms with Gasteiger partial charge in [-0.3, -0.25) is 4.79 Å². The predicted molar refractivity (Wildman–Crippen MR) is 123 cm³/mol. The molecule has 164 valence electrons. The number of rotatable bonds is 5. The number of nitrogens with zero attached hydrogens (tertiary/aromatic N) is 5. The number of ether oxygens (including phenoxy) is 1. The van der Waals surface area contributed by atoms with E-state index >= 15 is 0 Å². The van der Waals surface area contributed by atoms with Gasteiger partial charge in [0.15, 0.2) is 6.23 Å². The lowest BCUT2D eigenvalue weighted by molar-refractivity contribution is -0.0366. The second kappa shape index (κ2) is 8.64. The van der Waals surface area contributed by atoms with E-state index in [1.54, 1.807) is 6.20 Å². The summed E-state index contributed by atoms with van der Waals surface area (Å²) < 4.78 is 7.80. The van der Waals surface area contributed by atoms with E-state index < -0.39 is 0 Å². The third kappa shape index (κ3) is 4.06. The SMILES string of the molecule is Cc1cccc(Nc2nnc(C(=O)Nc3c(C)ccc4c3cnn4C3CCCCO3)s2)n1. The Balaban J connectivity index is 1.37. The number of aryl methyl sites for hydroxylation is 2. The predicted octanol–water partition coefficient (Wildman–Crippen LogP) is 4.59. The van der Waals surface area contributed by atoms with Crippen LogP contribution in [-0.2, 0) is 4.74 Å². The molecule has 0 radical (unpaired) electrons. The number of nitrogens with one attached hydrogen (secondary N) is 2. The molecule has 1 aromatic carbocycles. The molecule has 1 saturated heterocycles. The van der Waals surface area contributed by atoms with Gasteiger partial charge in [0.2, 0.25) is 10.1 Å². The summed E-state index contributed by atoms with van der Waals surface area (Å²) in [5.41, 5.74) is 3.49. The van der Waals surface area contributed by atoms with E-state index in [4.69, 9.17) is 4.74 Å². The minimum absolute atomic E-state index is 0.0699. The molecule has 9 nitrogen and oxygen atoms in total. The summed E-state index contributed by atoms with van der Waals surface area (Å²) in [7, 11) is 0. The van der Waals surface area contributed by atoms with E-state index in [1.807, 2.05) is 48.9 Å². The van der Waals surface area contributed by atoms with Crippen LogP contribution in [0.15, 0.2) is 36.5 Å². The zero-order valence-corrected chi connectivity index (χ0v) is 18.6. The number of anilines is 3. The number of fused-ring (bicyclic) bond motifs is 1. The van der Waals surface area contributed by atoms with Crippen molar-refractivity contribution in [3.63, 3.8) is 0 Å². The number of hydrogen-bond acceptors (Lipinski definition) is 8. The van der Waals surface area contributed by atoms with Crippen molar-refractivity contribution < 1.29 is 9.53 Å². The second-order valence-corrected chi connectivity index (χ2v) is 8.73. The van der Waals surface area contributed by atoms with Gasteiger partial charge >= 0.3 is 0 Å². The van der Waals surface area contributed by atoms with Crippen LogP contribution < -0.4 is 10.6 Å². The fourth-order valence-electron chi connectivity index (χ4n) is 3.80. The van der Waals surface area contributed by atoms with Crippen molar-refractivity contribution in [2.45, 2.75) is 39.3 Å². The number of benzene rings is 1. The van der Waals surface area contributed by atoms with Gasteiger partial charge in [-0.1, -0.05) is 23.5 Å². The van der Waals surface area contributed by atoms with Crippen molar-refractivity contribution >= 4 is 44.8 Å². The lowest BCUT2D eigenvalue weighted by atomic mass is 10.1. The molecule has 0 bridgehead atoms. The van der Waals surface area contributed by atoms with E-state index in [2.05, 4.69) is 30.9 Å². The zero-order chi connectivity index (χ0) is 22.1. The van der Waals surface area contributed by atoms with Gasteiger partial charge in [-0.2, -0.15) is 5.10 Å². The molecular weight excluding hydrogens is 426 g/mol. The summed E-state index contributed by atoms with van der Waals surface area (Å²) >= 11 is 1.17. The molecule has 0 spiro atoms. The number of pyridine rings is 1. The lowest BCUT2D eigenvalue weighted by Crippen LogP contribution is -2.19. The third-order valence-corrected chi connectivity index (χ3v) is 6.24. The molecule has 10 heteroatoms. The molecular formula is C22H23N7O2S. The normalized spacial score (nSPS) is 16.2. The van der Waals surface area contributed by atoms with Crippen molar-refractivity contribution in [2.75, 3.05) is 17.2 Å². The van der Waals surface area contributed by atoms with E-state index in [1.165, 1.54) is 11.3 Å². The highest BCUT2D eigenvalue weighted by Gasteiger charge is 2.21. The van der Waals surface area contributed by atoms with E-state index in [9.17, 15) is 4.79 Å². The summed E-state index contributed by atoms with van der Waals surface area (Å²) in [4.78, 5) is 17.3. The van der Waals surface area contributed by atoms with Gasteiger partial charge in [-0.05, 0) is 56.9 Å². The monoisotopic (exact) mass is 449 g/mol. The minimum Gasteiger partial charge on any atom is -0.356 e. The van der Waals surface area contributed by atoms with Crippen LogP contribution in [0.2, 0.25) is 0 Å². The number of carbonyl (C=O) groups is 1. The molecule has 1 amide bonds. The highest BCUT2D eigenvalue weighted by molar-refractivity contribution is 7.17. The Morgan fingerprint density at radius 3 is 2.91 bits per heavy atom. The smallest absolute Gasteiger partial charge is 0.286 e. The molecule has 1 unspecified atom stereocenters. The molecule has 1 fully saturated rings. The van der Waals surface area contributed by atoms with Gasteiger partial charge < -0.3 is 15.4 Å². The first kappa shape index (κ1) is 20.5. The number of hydrogen-bond donors (Lipinski definition) is 2. The Morgan fingerprint density at radius 2 is 2.09 bits per heavy atom. The van der Waals surface area contributed by atoms with Crippen LogP contribution in [0.1, 0.15) is 46.5 Å². The summed E-state index contributed by atoms with van der Waals surface area (Å²) in [5.74, 6) is 0.344. The topological polar surface area (TPSA) is 107 Å². The minimum atomic E-state index is -0.315. The quantitative estimate of drug-likeness (QED) is 0.459. The van der Waals surface area contributed by atoms with Crippen molar-refractivity contribution in [3.8, 4) is 0 Å². The first-order chi connectivity index (χ1) is 15.6. The Labute approximate surface area is 188 Å². The van der Waals surface area contributed by atoms with Crippen LogP contribution in [0, 0.1) is 13.8 Å². The summed E-state index contributed by atoms with van der Waals surface area (Å²) in [6.45, 7) is 4.61. The van der Waals surface area contributed by atoms with Crippen molar-refractivity contribution in [3.05, 3.63) is 52.8 Å². The van der Waals surface area contributed by atoms with Crippen molar-refractivity contribution in [1.29, 1.82) is 0 Å². The van der Waals surface area contributed by atoms with Crippen LogP contribution >= 0.6 is 11.3 Å². The third-order valence-electron chi connectivity index (χ3n) is 5.40. The Kier molecular flexibility index (Phi) is 5.54. The Hall–Kier alpha value is -3.37. The fraction of sp³-hybridized carbons (Fsp3) is 0.318. The molecule has 5 rings (SSSR count). The summed E-state index contributed by atoms with van der Waals surface area (Å²) in [5, 5.41) is 20.4. The molecule has 0 aliphatic carbocycles. The maximum absolute atomic E-state index is 12.9. The van der Waals surface area contributed by atoms with Gasteiger partial charge in [-0.15, -0.1) is 10.2 Å². The van der Waals surface area contributed by atoms with E-state index in [0.717, 1.165) is 53.7 Å². The fourth-order valence-corrected chi connectivity index (χ4v) is 4.44. The van der Waals surface area contributed by atoms with Crippen LogP contribution in [-0.4, -0.2) is 37.5 Å². The molecule has 4 aromatic rings. The van der Waals surface area contributed by atoms with E-state index in [0.29, 0.717) is 10.9 Å². The van der Waals surface area contributed by atoms with Gasteiger partial charge in [0.1, 0.15) is 5.82 Å². The zero-order valence-electron chi connectivity index (χ0n) is 17.8. The molecule has 3 aromatic heterocycles. The summed E-state index contributed by atoms with van der Waals surface area (Å²) in [6, 6.07) is 9.66. The standard InChI is InChI=1S/C22H23N7O2S/c1-13-9-10-16-15(12-23-29(16)18-8-3-4-11-31-18)19(13)26-20(30)21-27-28-22(32-21)25-17-7-5-6-14(2)24-17/h5-7,9-10,12,18H,3-4,8,11H2,1-2H3,(H,26,30)(H,24,25,28). The Morgan fingerprint density at radius 1 is 1.19 bits per heavy atom. The van der Waals surface area contributed by atoms with E-state index in [-0.39, 0.29) is 17.1 Å². The molecule has 32 heavy (non-hydrogen) atoms. The number of amides is 1. The summed E-state index contributed by atoms with van der Waals surface area (Å²) in [6.07, 6.45) is 4.84. The maximum Gasteiger partial charge on any atom is 0.286 e. The molecule has 1 aliphatic heterocycles. The average Bonchev–Trinajstić information content (AvgIpc) is 3.44. The number of aromatic nitrogens is 5. The number of carbonyl (C=O) groups excluding carboxylic acids is 1. The highest BCUT2D eigenvalue weighted by Crippen LogP contribution is 2.32. The van der Waals surface area contributed by atoms with Gasteiger partial charge in [0, 0.05) is 17.7 Å². The van der Waals surface area contributed by atoms with Gasteiger partial charge in [0.05, 0.1) is 17.4 Å². The molecule has 2 N–H and O–H groups in total. The highest BCUT2D eigenvalue weighted by atomic mass is 32.1. The molecule has 4 heterocycles. The average molecular weight is 450 g/mol. The van der Waals surface area contributed by atoms with Gasteiger partial charge in [-0.25, -0.2) is 9.67 Å². The van der Waals surface area contributed by atoms with Gasteiger partial charge in [0.25, 0.3) is 5.91 Å². The lowest BCUT2D eigenvalue weighted by Gasteiger charge is -2.23. The first-order valence-electron chi connectivity index (χ1n) is 10.5. The molecule has 1 atom stereocenters. The van der Waals surface area contributed by atoms with Crippen LogP contribution in [0.25, 0.3) is 10.9 Å². The molecule has 1 aliphatic rings. The largest absolute Gasteiger partial charge is 0.356 e. The van der Waals surface area contributed by atoms with Crippen LogP contribution in [0.4, 0.5) is 16.6 Å². The Bertz CT molecular complexity index is 1280. The van der Waals surface area contributed by atoms with Crippen LogP contribution in [0.3, 0.4) is 0 Å². The van der Waals surface area contributed by atoms with Crippen LogP contribution in [0.5, 0.6) is 0 Å². The second-order valence-electron chi connectivity index (χ2n) is 7.76. The van der Waals surface area contributed by atoms with Crippen molar-refractivity contribution in [1.82, 2.24) is 25.0 Å².